The van der Waals surface area contributed by atoms with E-state index >= 15 is 0 Å². The van der Waals surface area contributed by atoms with Crippen LogP contribution in [0.25, 0.3) is 0 Å². The van der Waals surface area contributed by atoms with Crippen LogP contribution in [0.4, 0.5) is 0 Å². The molecule has 2 unspecified atom stereocenters. The van der Waals surface area contributed by atoms with Gasteiger partial charge in [0.2, 0.25) is 5.91 Å². The van der Waals surface area contributed by atoms with Crippen molar-refractivity contribution in [1.29, 1.82) is 0 Å². The van der Waals surface area contributed by atoms with E-state index in [-0.39, 0.29) is 17.4 Å². The van der Waals surface area contributed by atoms with E-state index in [1.54, 1.807) is 0 Å². The molecule has 0 aromatic carbocycles. The maximum absolute atomic E-state index is 12.0. The predicted octanol–water partition coefficient (Wildman–Crippen LogP) is 0.243. The molecule has 2 rings (SSSR count). The molecule has 1 amide bonds. The Morgan fingerprint density at radius 3 is 2.75 bits per heavy atom. The second-order valence-corrected chi connectivity index (χ2v) is 5.65. The molecule has 3 N–H and O–H groups in total. The summed E-state index contributed by atoms with van der Waals surface area (Å²) in [7, 11) is 0. The van der Waals surface area contributed by atoms with Gasteiger partial charge in [-0.3, -0.25) is 4.79 Å². The lowest BCUT2D eigenvalue weighted by Gasteiger charge is -2.31. The first-order valence-electron chi connectivity index (χ1n) is 6.34. The molecule has 1 saturated heterocycles. The summed E-state index contributed by atoms with van der Waals surface area (Å²) >= 11 is 0. The van der Waals surface area contributed by atoms with E-state index in [1.165, 1.54) is 12.8 Å². The summed E-state index contributed by atoms with van der Waals surface area (Å²) in [5.74, 6) is 0.159. The fourth-order valence-corrected chi connectivity index (χ4v) is 2.71. The smallest absolute Gasteiger partial charge is 0.238 e. The maximum atomic E-state index is 12.0. The van der Waals surface area contributed by atoms with Gasteiger partial charge >= 0.3 is 0 Å². The number of nitrogens with one attached hydrogen (secondary N) is 3. The van der Waals surface area contributed by atoms with Crippen LogP contribution in [0.5, 0.6) is 0 Å². The van der Waals surface area contributed by atoms with E-state index in [1.807, 2.05) is 0 Å². The van der Waals surface area contributed by atoms with Crippen molar-refractivity contribution in [2.45, 2.75) is 45.2 Å². The topological polar surface area (TPSA) is 53.2 Å². The highest BCUT2D eigenvalue weighted by atomic mass is 16.2. The molecular weight excluding hydrogens is 202 g/mol. The van der Waals surface area contributed by atoms with Crippen LogP contribution < -0.4 is 16.0 Å². The highest BCUT2D eigenvalue weighted by molar-refractivity contribution is 5.82. The van der Waals surface area contributed by atoms with Crippen LogP contribution in [0, 0.1) is 5.41 Å². The van der Waals surface area contributed by atoms with Gasteiger partial charge in [0, 0.05) is 25.7 Å². The number of hydrogen-bond acceptors (Lipinski definition) is 3. The molecule has 0 spiro atoms. The lowest BCUT2D eigenvalue weighted by atomic mass is 9.87. The zero-order valence-corrected chi connectivity index (χ0v) is 10.3. The molecule has 0 radical (unpaired) electrons. The zero-order chi connectivity index (χ0) is 11.6. The second kappa shape index (κ2) is 4.72. The van der Waals surface area contributed by atoms with Crippen LogP contribution in [0.3, 0.4) is 0 Å². The van der Waals surface area contributed by atoms with Crippen molar-refractivity contribution in [2.24, 2.45) is 5.41 Å². The predicted molar refractivity (Wildman–Crippen MR) is 64.2 cm³/mol. The molecule has 1 aliphatic carbocycles. The molecule has 4 nitrogen and oxygen atoms in total. The molecule has 1 heterocycles. The number of rotatable bonds is 2. The van der Waals surface area contributed by atoms with Gasteiger partial charge in [-0.1, -0.05) is 20.3 Å². The van der Waals surface area contributed by atoms with Crippen molar-refractivity contribution in [3.05, 3.63) is 0 Å². The fourth-order valence-electron chi connectivity index (χ4n) is 2.71. The summed E-state index contributed by atoms with van der Waals surface area (Å²) in [5, 5.41) is 9.68. The van der Waals surface area contributed by atoms with E-state index in [4.69, 9.17) is 0 Å². The van der Waals surface area contributed by atoms with E-state index in [2.05, 4.69) is 29.8 Å². The molecule has 2 atom stereocenters. The molecule has 1 saturated carbocycles. The van der Waals surface area contributed by atoms with Crippen LogP contribution >= 0.6 is 0 Å². The van der Waals surface area contributed by atoms with Gasteiger partial charge in [0.15, 0.2) is 0 Å². The monoisotopic (exact) mass is 225 g/mol. The van der Waals surface area contributed by atoms with Crippen molar-refractivity contribution < 1.29 is 4.79 Å². The first-order valence-corrected chi connectivity index (χ1v) is 6.34. The molecule has 16 heavy (non-hydrogen) atoms. The first kappa shape index (κ1) is 11.9. The maximum Gasteiger partial charge on any atom is 0.238 e. The van der Waals surface area contributed by atoms with Gasteiger partial charge in [-0.25, -0.2) is 0 Å². The van der Waals surface area contributed by atoms with Crippen LogP contribution in [0.2, 0.25) is 0 Å². The van der Waals surface area contributed by atoms with Crippen LogP contribution in [0.1, 0.15) is 33.1 Å². The Kier molecular flexibility index (Phi) is 3.50. The van der Waals surface area contributed by atoms with E-state index in [0.717, 1.165) is 26.1 Å². The van der Waals surface area contributed by atoms with E-state index < -0.39 is 0 Å². The fraction of sp³-hybridized carbons (Fsp3) is 0.917. The molecule has 4 heteroatoms. The van der Waals surface area contributed by atoms with Crippen molar-refractivity contribution in [2.75, 3.05) is 19.6 Å². The normalized spacial score (nSPS) is 33.6. The Labute approximate surface area is 97.6 Å². The highest BCUT2D eigenvalue weighted by Crippen LogP contribution is 2.37. The SMILES string of the molecule is CC1(C)CCCC1NC(=O)C1CNCCN1. The summed E-state index contributed by atoms with van der Waals surface area (Å²) in [5.41, 5.74) is 0.262. The van der Waals surface area contributed by atoms with Gasteiger partial charge < -0.3 is 16.0 Å². The number of hydrogen-bond donors (Lipinski definition) is 3. The molecule has 0 aromatic rings. The van der Waals surface area contributed by atoms with Crippen LogP contribution in [0.15, 0.2) is 0 Å². The Morgan fingerprint density at radius 2 is 2.19 bits per heavy atom. The number of carbonyl (C=O) groups excluding carboxylic acids is 1. The Balaban J connectivity index is 1.86. The lowest BCUT2D eigenvalue weighted by Crippen LogP contribution is -2.58. The van der Waals surface area contributed by atoms with Crippen molar-refractivity contribution >= 4 is 5.91 Å². The third-order valence-corrected chi connectivity index (χ3v) is 3.93. The van der Waals surface area contributed by atoms with Crippen LogP contribution in [-0.4, -0.2) is 37.6 Å². The molecular formula is C12H23N3O. The lowest BCUT2D eigenvalue weighted by molar-refractivity contribution is -0.124. The largest absolute Gasteiger partial charge is 0.351 e. The summed E-state index contributed by atoms with van der Waals surface area (Å²) in [6.07, 6.45) is 3.57. The van der Waals surface area contributed by atoms with Gasteiger partial charge in [-0.05, 0) is 18.3 Å². The Morgan fingerprint density at radius 1 is 1.38 bits per heavy atom. The number of piperazine rings is 1. The summed E-state index contributed by atoms with van der Waals surface area (Å²) in [6.45, 7) is 7.08. The summed E-state index contributed by atoms with van der Waals surface area (Å²) in [6, 6.07) is 0.300. The van der Waals surface area contributed by atoms with Crippen molar-refractivity contribution in [1.82, 2.24) is 16.0 Å². The molecule has 1 aliphatic heterocycles. The van der Waals surface area contributed by atoms with Crippen molar-refractivity contribution in [3.63, 3.8) is 0 Å². The van der Waals surface area contributed by atoms with Gasteiger partial charge in [-0.15, -0.1) is 0 Å². The molecule has 0 aromatic heterocycles. The minimum Gasteiger partial charge on any atom is -0.351 e. The van der Waals surface area contributed by atoms with Crippen LogP contribution in [-0.2, 0) is 4.79 Å². The molecule has 0 bridgehead atoms. The Hall–Kier alpha value is -0.610. The third-order valence-electron chi connectivity index (χ3n) is 3.93. The van der Waals surface area contributed by atoms with Gasteiger partial charge in [0.25, 0.3) is 0 Å². The van der Waals surface area contributed by atoms with Gasteiger partial charge in [0.1, 0.15) is 0 Å². The average Bonchev–Trinajstić information content (AvgIpc) is 2.59. The second-order valence-electron chi connectivity index (χ2n) is 5.65. The summed E-state index contributed by atoms with van der Waals surface area (Å²) < 4.78 is 0. The van der Waals surface area contributed by atoms with Crippen molar-refractivity contribution in [3.8, 4) is 0 Å². The first-order chi connectivity index (χ1) is 7.59. The average molecular weight is 225 g/mol. The van der Waals surface area contributed by atoms with Gasteiger partial charge in [0.05, 0.1) is 6.04 Å². The molecule has 92 valence electrons. The number of amides is 1. The zero-order valence-electron chi connectivity index (χ0n) is 10.3. The molecule has 2 aliphatic rings. The minimum absolute atomic E-state index is 0.0508. The van der Waals surface area contributed by atoms with E-state index in [9.17, 15) is 4.79 Å². The minimum atomic E-state index is -0.0508. The Bertz CT molecular complexity index is 259. The summed E-state index contributed by atoms with van der Waals surface area (Å²) in [4.78, 5) is 12.0. The van der Waals surface area contributed by atoms with Gasteiger partial charge in [-0.2, -0.15) is 0 Å². The quantitative estimate of drug-likeness (QED) is 0.631. The third kappa shape index (κ3) is 2.55. The number of carbonyl (C=O) groups is 1. The highest BCUT2D eigenvalue weighted by Gasteiger charge is 2.36. The molecule has 2 fully saturated rings. The standard InChI is InChI=1S/C12H23N3O/c1-12(2)5-3-4-10(12)15-11(16)9-8-13-6-7-14-9/h9-10,13-14H,3-8H2,1-2H3,(H,15,16). The van der Waals surface area contributed by atoms with E-state index in [0.29, 0.717) is 6.04 Å².